The molecule has 0 aliphatic heterocycles. The van der Waals surface area contributed by atoms with E-state index in [0.717, 1.165) is 13.0 Å². The summed E-state index contributed by atoms with van der Waals surface area (Å²) >= 11 is 0. The summed E-state index contributed by atoms with van der Waals surface area (Å²) < 4.78 is 30.2. The van der Waals surface area contributed by atoms with Gasteiger partial charge in [0.15, 0.2) is 0 Å². The quantitative estimate of drug-likeness (QED) is 0.618. The van der Waals surface area contributed by atoms with Gasteiger partial charge in [0.2, 0.25) is 10.0 Å². The van der Waals surface area contributed by atoms with Crippen molar-refractivity contribution in [1.29, 1.82) is 0 Å². The smallest absolute Gasteiger partial charge is 0.243 e. The molecule has 0 fully saturated rings. The van der Waals surface area contributed by atoms with E-state index in [1.807, 2.05) is 11.6 Å². The average molecular weight is 312 g/mol. The Labute approximate surface area is 124 Å². The van der Waals surface area contributed by atoms with Crippen molar-refractivity contribution in [2.24, 2.45) is 0 Å². The number of hydrogen-bond acceptors (Lipinski definition) is 5. The maximum Gasteiger partial charge on any atom is 0.243 e. The van der Waals surface area contributed by atoms with Gasteiger partial charge in [0.1, 0.15) is 4.90 Å². The van der Waals surface area contributed by atoms with E-state index in [2.05, 4.69) is 20.1 Å². The van der Waals surface area contributed by atoms with Crippen molar-refractivity contribution >= 4 is 10.0 Å². The molecule has 2 heterocycles. The van der Waals surface area contributed by atoms with Crippen molar-refractivity contribution in [1.82, 2.24) is 29.4 Å². The number of sulfonamides is 1. The van der Waals surface area contributed by atoms with Gasteiger partial charge >= 0.3 is 0 Å². The van der Waals surface area contributed by atoms with Crippen LogP contribution in [-0.2, 0) is 23.1 Å². The molecule has 2 aromatic rings. The fraction of sp³-hybridized carbons (Fsp3) is 0.500. The van der Waals surface area contributed by atoms with Crippen LogP contribution in [-0.4, -0.2) is 47.9 Å². The standard InChI is InChI=1S/C12H20N6O2S/c1-13-3-2-6-18-10-12(9-15-18)21(19,20)16-5-8-17-7-4-14-11-17/h4,7,9-11,13,16H,2-3,5-6,8H2,1H3. The fourth-order valence-electron chi connectivity index (χ4n) is 1.83. The minimum Gasteiger partial charge on any atom is -0.336 e. The topological polar surface area (TPSA) is 93.8 Å². The molecule has 0 bridgehead atoms. The van der Waals surface area contributed by atoms with Crippen molar-refractivity contribution in [2.45, 2.75) is 24.4 Å². The Bertz CT molecular complexity index is 635. The molecular formula is C12H20N6O2S. The fourth-order valence-corrected chi connectivity index (χ4v) is 2.81. The van der Waals surface area contributed by atoms with Crippen LogP contribution in [0.3, 0.4) is 0 Å². The molecular weight excluding hydrogens is 292 g/mol. The molecule has 9 heteroatoms. The van der Waals surface area contributed by atoms with Crippen LogP contribution in [0.2, 0.25) is 0 Å². The Balaban J connectivity index is 1.86. The molecule has 0 atom stereocenters. The van der Waals surface area contributed by atoms with Crippen LogP contribution in [0.1, 0.15) is 6.42 Å². The largest absolute Gasteiger partial charge is 0.336 e. The summed E-state index contributed by atoms with van der Waals surface area (Å²) in [4.78, 5) is 4.09. The van der Waals surface area contributed by atoms with E-state index in [0.29, 0.717) is 19.6 Å². The van der Waals surface area contributed by atoms with Gasteiger partial charge in [0.25, 0.3) is 0 Å². The van der Waals surface area contributed by atoms with Crippen LogP contribution < -0.4 is 10.0 Å². The molecule has 2 N–H and O–H groups in total. The maximum absolute atomic E-state index is 12.1. The number of rotatable bonds is 9. The van der Waals surface area contributed by atoms with Crippen LogP contribution >= 0.6 is 0 Å². The first kappa shape index (κ1) is 15.7. The van der Waals surface area contributed by atoms with Gasteiger partial charge in [-0.05, 0) is 20.0 Å². The third-order valence-electron chi connectivity index (χ3n) is 2.96. The lowest BCUT2D eigenvalue weighted by molar-refractivity contribution is 0.559. The lowest BCUT2D eigenvalue weighted by Crippen LogP contribution is -2.27. The van der Waals surface area contributed by atoms with E-state index in [1.54, 1.807) is 29.6 Å². The second kappa shape index (κ2) is 7.34. The minimum atomic E-state index is -3.51. The molecule has 0 spiro atoms. The van der Waals surface area contributed by atoms with Crippen LogP contribution in [0.5, 0.6) is 0 Å². The van der Waals surface area contributed by atoms with Gasteiger partial charge in [0.05, 0.1) is 12.5 Å². The minimum absolute atomic E-state index is 0.192. The van der Waals surface area contributed by atoms with E-state index in [-0.39, 0.29) is 4.90 Å². The number of aryl methyl sites for hydroxylation is 1. The van der Waals surface area contributed by atoms with Gasteiger partial charge in [-0.1, -0.05) is 0 Å². The number of hydrogen-bond donors (Lipinski definition) is 2. The maximum atomic E-state index is 12.1. The SMILES string of the molecule is CNCCCn1cc(S(=O)(=O)NCCn2ccnc2)cn1. The monoisotopic (exact) mass is 312 g/mol. The van der Waals surface area contributed by atoms with Crippen LogP contribution in [0.4, 0.5) is 0 Å². The summed E-state index contributed by atoms with van der Waals surface area (Å²) in [5.74, 6) is 0. The van der Waals surface area contributed by atoms with Crippen LogP contribution in [0, 0.1) is 0 Å². The second-order valence-electron chi connectivity index (χ2n) is 4.59. The summed E-state index contributed by atoms with van der Waals surface area (Å²) in [6.45, 7) is 2.40. The number of nitrogens with one attached hydrogen (secondary N) is 2. The molecule has 0 saturated heterocycles. The number of nitrogens with zero attached hydrogens (tertiary/aromatic N) is 4. The molecule has 0 aliphatic carbocycles. The molecule has 0 unspecified atom stereocenters. The Morgan fingerprint density at radius 1 is 1.29 bits per heavy atom. The third-order valence-corrected chi connectivity index (χ3v) is 4.37. The average Bonchev–Trinajstić information content (AvgIpc) is 3.10. The zero-order valence-corrected chi connectivity index (χ0v) is 12.8. The van der Waals surface area contributed by atoms with E-state index < -0.39 is 10.0 Å². The van der Waals surface area contributed by atoms with Crippen molar-refractivity contribution in [2.75, 3.05) is 20.1 Å². The van der Waals surface area contributed by atoms with Gasteiger partial charge in [-0.25, -0.2) is 18.1 Å². The third kappa shape index (κ3) is 4.66. The van der Waals surface area contributed by atoms with Crippen molar-refractivity contribution in [3.05, 3.63) is 31.1 Å². The highest BCUT2D eigenvalue weighted by atomic mass is 32.2. The second-order valence-corrected chi connectivity index (χ2v) is 6.36. The first-order valence-electron chi connectivity index (χ1n) is 6.74. The van der Waals surface area contributed by atoms with E-state index >= 15 is 0 Å². The van der Waals surface area contributed by atoms with Gasteiger partial charge in [-0.3, -0.25) is 4.68 Å². The number of imidazole rings is 1. The Kier molecular flexibility index (Phi) is 5.48. The zero-order chi connectivity index (χ0) is 15.1. The molecule has 116 valence electrons. The number of aromatic nitrogens is 4. The van der Waals surface area contributed by atoms with E-state index in [9.17, 15) is 8.42 Å². The molecule has 0 saturated carbocycles. The Morgan fingerprint density at radius 3 is 2.86 bits per heavy atom. The van der Waals surface area contributed by atoms with E-state index in [1.165, 1.54) is 6.20 Å². The molecule has 8 nitrogen and oxygen atoms in total. The van der Waals surface area contributed by atoms with Crippen molar-refractivity contribution in [3.63, 3.8) is 0 Å². The van der Waals surface area contributed by atoms with Crippen LogP contribution in [0.25, 0.3) is 0 Å². The summed E-state index contributed by atoms with van der Waals surface area (Å²) in [5, 5.41) is 7.10. The molecule has 21 heavy (non-hydrogen) atoms. The first-order valence-corrected chi connectivity index (χ1v) is 8.22. The van der Waals surface area contributed by atoms with Gasteiger partial charge in [0, 0.05) is 38.2 Å². The van der Waals surface area contributed by atoms with E-state index in [4.69, 9.17) is 0 Å². The molecule has 0 aromatic carbocycles. The molecule has 0 radical (unpaired) electrons. The molecule has 0 amide bonds. The predicted octanol–water partition coefficient (Wildman–Crippen LogP) is -0.332. The summed E-state index contributed by atoms with van der Waals surface area (Å²) in [5.41, 5.74) is 0. The summed E-state index contributed by atoms with van der Waals surface area (Å²) in [7, 11) is -1.63. The van der Waals surface area contributed by atoms with Gasteiger partial charge in [-0.15, -0.1) is 0 Å². The highest BCUT2D eigenvalue weighted by molar-refractivity contribution is 7.89. The first-order chi connectivity index (χ1) is 10.1. The lowest BCUT2D eigenvalue weighted by atomic mass is 10.4. The zero-order valence-electron chi connectivity index (χ0n) is 11.9. The lowest BCUT2D eigenvalue weighted by Gasteiger charge is -2.05. The highest BCUT2D eigenvalue weighted by Gasteiger charge is 2.15. The van der Waals surface area contributed by atoms with Crippen molar-refractivity contribution < 1.29 is 8.42 Å². The predicted molar refractivity (Wildman–Crippen MR) is 78.2 cm³/mol. The summed E-state index contributed by atoms with van der Waals surface area (Å²) in [6, 6.07) is 0. The van der Waals surface area contributed by atoms with Crippen LogP contribution in [0.15, 0.2) is 36.0 Å². The Morgan fingerprint density at radius 2 is 2.14 bits per heavy atom. The van der Waals surface area contributed by atoms with Gasteiger partial charge < -0.3 is 9.88 Å². The van der Waals surface area contributed by atoms with Crippen molar-refractivity contribution in [3.8, 4) is 0 Å². The highest BCUT2D eigenvalue weighted by Crippen LogP contribution is 2.07. The molecule has 2 aromatic heterocycles. The molecule has 0 aliphatic rings. The van der Waals surface area contributed by atoms with Gasteiger partial charge in [-0.2, -0.15) is 5.10 Å². The summed E-state index contributed by atoms with van der Waals surface area (Å²) in [6.07, 6.45) is 8.91. The molecule has 2 rings (SSSR count). The normalized spacial score (nSPS) is 11.9. The Hall–Kier alpha value is -1.71.